The molecule has 0 bridgehead atoms. The van der Waals surface area contributed by atoms with Gasteiger partial charge in [0.1, 0.15) is 5.82 Å². The lowest BCUT2D eigenvalue weighted by atomic mass is 9.90. The maximum absolute atomic E-state index is 12.2. The molecule has 0 amide bonds. The Labute approximate surface area is 202 Å². The van der Waals surface area contributed by atoms with Gasteiger partial charge in [-0.1, -0.05) is 24.3 Å². The minimum atomic E-state index is -1.09. The van der Waals surface area contributed by atoms with Crippen molar-refractivity contribution >= 4 is 17.1 Å². The summed E-state index contributed by atoms with van der Waals surface area (Å²) < 4.78 is 1.23. The van der Waals surface area contributed by atoms with Crippen LogP contribution in [0.15, 0.2) is 60.8 Å². The van der Waals surface area contributed by atoms with Gasteiger partial charge in [0.05, 0.1) is 52.6 Å². The van der Waals surface area contributed by atoms with Crippen LogP contribution in [0.1, 0.15) is 52.7 Å². The van der Waals surface area contributed by atoms with E-state index >= 15 is 0 Å². The molecule has 8 heteroatoms. The molecule has 8 nitrogen and oxygen atoms in total. The van der Waals surface area contributed by atoms with E-state index < -0.39 is 6.09 Å². The molecule has 0 saturated carbocycles. The van der Waals surface area contributed by atoms with Crippen molar-refractivity contribution in [2.24, 2.45) is 0 Å². The van der Waals surface area contributed by atoms with E-state index in [2.05, 4.69) is 33.1 Å². The van der Waals surface area contributed by atoms with Crippen molar-refractivity contribution in [2.75, 3.05) is 0 Å². The fraction of sp³-hybridized carbons (Fsp3) is 0.222. The van der Waals surface area contributed by atoms with Gasteiger partial charge in [-0.05, 0) is 60.7 Å². The van der Waals surface area contributed by atoms with E-state index in [4.69, 9.17) is 0 Å². The maximum atomic E-state index is 12.2. The van der Waals surface area contributed by atoms with Gasteiger partial charge >= 0.3 is 6.09 Å². The monoisotopic (exact) mass is 462 g/mol. The average Bonchev–Trinajstić information content (AvgIpc) is 3.26. The summed E-state index contributed by atoms with van der Waals surface area (Å²) in [6.45, 7) is 0.643. The van der Waals surface area contributed by atoms with E-state index in [1.807, 2.05) is 12.1 Å². The zero-order chi connectivity index (χ0) is 24.4. The Morgan fingerprint density at radius 3 is 2.77 bits per heavy atom. The molecule has 1 atom stereocenters. The lowest BCUT2D eigenvalue weighted by Crippen LogP contribution is -2.33. The molecule has 35 heavy (non-hydrogen) atoms. The number of aromatic nitrogens is 3. The van der Waals surface area contributed by atoms with Crippen LogP contribution >= 0.6 is 0 Å². The van der Waals surface area contributed by atoms with Crippen molar-refractivity contribution in [3.05, 3.63) is 94.6 Å². The maximum Gasteiger partial charge on any atom is 0.417 e. The van der Waals surface area contributed by atoms with Crippen molar-refractivity contribution in [3.8, 4) is 12.1 Å². The summed E-state index contributed by atoms with van der Waals surface area (Å²) >= 11 is 0. The molecule has 2 heterocycles. The summed E-state index contributed by atoms with van der Waals surface area (Å²) in [5, 5.41) is 29.0. The van der Waals surface area contributed by atoms with Gasteiger partial charge in [-0.15, -0.1) is 0 Å². The first-order valence-corrected chi connectivity index (χ1v) is 11.4. The highest BCUT2D eigenvalue weighted by atomic mass is 16.4. The predicted molar refractivity (Wildman–Crippen MR) is 128 cm³/mol. The first-order chi connectivity index (χ1) is 17.1. The van der Waals surface area contributed by atoms with Crippen LogP contribution in [-0.4, -0.2) is 30.6 Å². The molecule has 1 aliphatic rings. The highest BCUT2D eigenvalue weighted by molar-refractivity contribution is 5.86. The van der Waals surface area contributed by atoms with Gasteiger partial charge in [-0.25, -0.2) is 14.3 Å². The first-order valence-electron chi connectivity index (χ1n) is 11.4. The molecule has 0 saturated heterocycles. The van der Waals surface area contributed by atoms with E-state index in [9.17, 15) is 20.4 Å². The molecule has 0 radical (unpaired) electrons. The average molecular weight is 463 g/mol. The Bertz CT molecular complexity index is 1510. The van der Waals surface area contributed by atoms with E-state index in [0.29, 0.717) is 34.5 Å². The number of nitriles is 2. The van der Waals surface area contributed by atoms with E-state index in [-0.39, 0.29) is 12.6 Å². The van der Waals surface area contributed by atoms with Gasteiger partial charge in [0, 0.05) is 12.7 Å². The molecule has 2 aromatic heterocycles. The van der Waals surface area contributed by atoms with Crippen LogP contribution in [0.25, 0.3) is 11.0 Å². The fourth-order valence-corrected chi connectivity index (χ4v) is 4.90. The number of carbonyl (C=O) groups is 1. The number of hydrogen-bond donors (Lipinski definition) is 1. The van der Waals surface area contributed by atoms with Gasteiger partial charge in [-0.2, -0.15) is 10.5 Å². The van der Waals surface area contributed by atoms with Crippen molar-refractivity contribution in [3.63, 3.8) is 0 Å². The quantitative estimate of drug-likeness (QED) is 0.453. The standard InChI is InChI=1S/C27H22N6O2/c28-14-18-10-11-20(21(13-18)15-29)16-32(24-9-3-5-19-6-4-12-30-26(19)24)17-25-31-22-7-1-2-8-23(22)33(25)27(34)35/h1-2,4,6-8,10-13,24H,3,5,9,16-17H2,(H,34,35). The Kier molecular flexibility index (Phi) is 5.97. The van der Waals surface area contributed by atoms with Gasteiger partial charge < -0.3 is 5.11 Å². The van der Waals surface area contributed by atoms with Crippen molar-refractivity contribution in [2.45, 2.75) is 38.4 Å². The number of pyridine rings is 1. The summed E-state index contributed by atoms with van der Waals surface area (Å²) in [6, 6.07) is 20.5. The number of hydrogen-bond acceptors (Lipinski definition) is 6. The number of para-hydroxylation sites is 2. The number of rotatable bonds is 5. The van der Waals surface area contributed by atoms with Crippen LogP contribution in [0.2, 0.25) is 0 Å². The minimum absolute atomic E-state index is 0.0656. The van der Waals surface area contributed by atoms with Gasteiger partial charge in [0.2, 0.25) is 0 Å². The summed E-state index contributed by atoms with van der Waals surface area (Å²) in [6.07, 6.45) is 3.47. The molecule has 0 spiro atoms. The number of aryl methyl sites for hydroxylation is 1. The third kappa shape index (κ3) is 4.23. The largest absolute Gasteiger partial charge is 0.464 e. The number of imidazole rings is 1. The van der Waals surface area contributed by atoms with E-state index in [1.165, 1.54) is 10.1 Å². The highest BCUT2D eigenvalue weighted by Gasteiger charge is 2.30. The summed E-state index contributed by atoms with van der Waals surface area (Å²) in [4.78, 5) is 23.7. The Balaban J connectivity index is 1.60. The molecule has 2 aromatic carbocycles. The minimum Gasteiger partial charge on any atom is -0.464 e. The van der Waals surface area contributed by atoms with Crippen LogP contribution < -0.4 is 0 Å². The summed E-state index contributed by atoms with van der Waals surface area (Å²) in [5.41, 5.74) is 4.93. The van der Waals surface area contributed by atoms with Crippen LogP contribution in [-0.2, 0) is 19.5 Å². The molecule has 5 rings (SSSR count). The lowest BCUT2D eigenvalue weighted by molar-refractivity contribution is 0.149. The Morgan fingerprint density at radius 1 is 1.11 bits per heavy atom. The SMILES string of the molecule is N#Cc1ccc(CN(Cc2nc3ccccc3n2C(=O)O)C2CCCc3cccnc32)c(C#N)c1. The van der Waals surface area contributed by atoms with E-state index in [0.717, 1.165) is 30.5 Å². The molecule has 0 aliphatic heterocycles. The number of benzene rings is 2. The van der Waals surface area contributed by atoms with Crippen LogP contribution in [0.3, 0.4) is 0 Å². The summed E-state index contributed by atoms with van der Waals surface area (Å²) in [7, 11) is 0. The van der Waals surface area contributed by atoms with Gasteiger partial charge in [0.15, 0.2) is 0 Å². The van der Waals surface area contributed by atoms with Crippen LogP contribution in [0, 0.1) is 22.7 Å². The highest BCUT2D eigenvalue weighted by Crippen LogP contribution is 2.35. The predicted octanol–water partition coefficient (Wildman–Crippen LogP) is 4.78. The summed E-state index contributed by atoms with van der Waals surface area (Å²) in [5.74, 6) is 0.411. The molecule has 1 unspecified atom stereocenters. The second-order valence-corrected chi connectivity index (χ2v) is 8.59. The Morgan fingerprint density at radius 2 is 1.97 bits per heavy atom. The number of nitrogens with zero attached hydrogens (tertiary/aromatic N) is 6. The smallest absolute Gasteiger partial charge is 0.417 e. The van der Waals surface area contributed by atoms with Gasteiger partial charge in [0.25, 0.3) is 0 Å². The van der Waals surface area contributed by atoms with Crippen molar-refractivity contribution in [1.29, 1.82) is 10.5 Å². The molecular weight excluding hydrogens is 440 g/mol. The Hall–Kier alpha value is -4.53. The second kappa shape index (κ2) is 9.38. The molecule has 1 aliphatic carbocycles. The van der Waals surface area contributed by atoms with E-state index in [1.54, 1.807) is 42.6 Å². The lowest BCUT2D eigenvalue weighted by Gasteiger charge is -2.35. The molecule has 4 aromatic rings. The van der Waals surface area contributed by atoms with Crippen molar-refractivity contribution < 1.29 is 9.90 Å². The van der Waals surface area contributed by atoms with Gasteiger partial charge in [-0.3, -0.25) is 9.88 Å². The molecule has 172 valence electrons. The second-order valence-electron chi connectivity index (χ2n) is 8.59. The molecular formula is C27H22N6O2. The molecule has 1 N–H and O–H groups in total. The molecule has 0 fully saturated rings. The third-order valence-corrected chi connectivity index (χ3v) is 6.51. The van der Waals surface area contributed by atoms with Crippen LogP contribution in [0.5, 0.6) is 0 Å². The zero-order valence-electron chi connectivity index (χ0n) is 18.9. The number of carboxylic acid groups (broad SMARTS) is 1. The first kappa shape index (κ1) is 22.3. The van der Waals surface area contributed by atoms with Crippen molar-refractivity contribution in [1.82, 2.24) is 19.4 Å². The topological polar surface area (TPSA) is 119 Å². The number of fused-ring (bicyclic) bond motifs is 2. The fourth-order valence-electron chi connectivity index (χ4n) is 4.90. The third-order valence-electron chi connectivity index (χ3n) is 6.51. The zero-order valence-corrected chi connectivity index (χ0v) is 18.9. The normalized spacial score (nSPS) is 14.9. The van der Waals surface area contributed by atoms with Crippen LogP contribution in [0.4, 0.5) is 4.79 Å².